The van der Waals surface area contributed by atoms with Gasteiger partial charge in [0.25, 0.3) is 0 Å². The molecule has 0 saturated carbocycles. The van der Waals surface area contributed by atoms with Crippen LogP contribution < -0.4 is 17.0 Å². The van der Waals surface area contributed by atoms with Gasteiger partial charge in [-0.05, 0) is 12.1 Å². The van der Waals surface area contributed by atoms with Crippen molar-refractivity contribution < 1.29 is 4.79 Å². The van der Waals surface area contributed by atoms with Gasteiger partial charge in [-0.15, -0.1) is 5.10 Å². The zero-order chi connectivity index (χ0) is 13.0. The number of carbonyl (C=O) groups is 1. The first-order chi connectivity index (χ1) is 8.70. The molecule has 0 radical (unpaired) electrons. The van der Waals surface area contributed by atoms with Crippen LogP contribution in [0.15, 0.2) is 29.4 Å². The van der Waals surface area contributed by atoms with E-state index in [1.54, 1.807) is 6.07 Å². The number of para-hydroxylation sites is 1. The van der Waals surface area contributed by atoms with Gasteiger partial charge >= 0.3 is 0 Å². The third-order valence-corrected chi connectivity index (χ3v) is 3.02. The van der Waals surface area contributed by atoms with Gasteiger partial charge in [0, 0.05) is 11.3 Å². The van der Waals surface area contributed by atoms with Crippen molar-refractivity contribution in [2.24, 2.45) is 5.84 Å². The van der Waals surface area contributed by atoms with E-state index >= 15 is 0 Å². The second-order valence-corrected chi connectivity index (χ2v) is 4.35. The lowest BCUT2D eigenvalue weighted by atomic mass is 10.2. The van der Waals surface area contributed by atoms with Gasteiger partial charge in [-0.3, -0.25) is 15.3 Å². The molecule has 1 aromatic carbocycles. The average molecular weight is 264 g/mol. The number of rotatable bonds is 4. The second-order valence-electron chi connectivity index (χ2n) is 3.41. The van der Waals surface area contributed by atoms with Crippen LogP contribution >= 0.6 is 11.8 Å². The van der Waals surface area contributed by atoms with E-state index < -0.39 is 0 Å². The molecular formula is C10H12N6OS. The Hall–Kier alpha value is -2.06. The number of aromatic amines is 1. The number of amides is 1. The highest BCUT2D eigenvalue weighted by Gasteiger charge is 2.09. The number of nitrogens with two attached hydrogens (primary N) is 2. The van der Waals surface area contributed by atoms with E-state index in [0.29, 0.717) is 16.7 Å². The Bertz CT molecular complexity index is 555. The van der Waals surface area contributed by atoms with Crippen LogP contribution in [0.25, 0.3) is 11.4 Å². The topological polar surface area (TPSA) is 123 Å². The largest absolute Gasteiger partial charge is 0.398 e. The molecule has 2 aromatic rings. The van der Waals surface area contributed by atoms with Crippen LogP contribution in [0.5, 0.6) is 0 Å². The van der Waals surface area contributed by atoms with Crippen molar-refractivity contribution in [1.29, 1.82) is 0 Å². The highest BCUT2D eigenvalue weighted by Crippen LogP contribution is 2.23. The standard InChI is InChI=1S/C10H12N6OS/c11-7-4-2-1-3-6(7)9-13-10(16-15-9)18-5-8(17)14-12/h1-4H,5,11-12H2,(H,14,17)(H,13,15,16). The summed E-state index contributed by atoms with van der Waals surface area (Å²) in [7, 11) is 0. The van der Waals surface area contributed by atoms with Crippen LogP contribution in [0, 0.1) is 0 Å². The molecule has 0 aliphatic rings. The van der Waals surface area contributed by atoms with Crippen molar-refractivity contribution >= 4 is 23.4 Å². The minimum absolute atomic E-state index is 0.165. The molecule has 0 atom stereocenters. The Kier molecular flexibility index (Phi) is 3.80. The van der Waals surface area contributed by atoms with Crippen LogP contribution in [0.4, 0.5) is 5.69 Å². The smallest absolute Gasteiger partial charge is 0.244 e. The SMILES string of the molecule is NNC(=O)CSc1n[nH]c(-c2ccccc2N)n1. The van der Waals surface area contributed by atoms with Gasteiger partial charge in [-0.2, -0.15) is 0 Å². The highest BCUT2D eigenvalue weighted by atomic mass is 32.2. The maximum atomic E-state index is 11.0. The molecule has 8 heteroatoms. The molecule has 0 fully saturated rings. The van der Waals surface area contributed by atoms with Crippen molar-refractivity contribution in [3.05, 3.63) is 24.3 Å². The maximum absolute atomic E-state index is 11.0. The van der Waals surface area contributed by atoms with Crippen LogP contribution in [0.1, 0.15) is 0 Å². The number of benzene rings is 1. The molecule has 1 heterocycles. The number of hydrogen-bond donors (Lipinski definition) is 4. The molecule has 2 rings (SSSR count). The van der Waals surface area contributed by atoms with Crippen molar-refractivity contribution in [1.82, 2.24) is 20.6 Å². The summed E-state index contributed by atoms with van der Waals surface area (Å²) in [5.74, 6) is 5.43. The van der Waals surface area contributed by atoms with Gasteiger partial charge in [-0.25, -0.2) is 10.8 Å². The normalized spacial score (nSPS) is 10.3. The number of thioether (sulfide) groups is 1. The number of H-pyrrole nitrogens is 1. The van der Waals surface area contributed by atoms with Gasteiger partial charge in [0.1, 0.15) is 0 Å². The van der Waals surface area contributed by atoms with Crippen molar-refractivity contribution in [2.45, 2.75) is 5.16 Å². The van der Waals surface area contributed by atoms with E-state index in [2.05, 4.69) is 15.2 Å². The zero-order valence-electron chi connectivity index (χ0n) is 9.38. The summed E-state index contributed by atoms with van der Waals surface area (Å²) in [5, 5.41) is 7.24. The third kappa shape index (κ3) is 2.79. The Balaban J connectivity index is 2.11. The summed E-state index contributed by atoms with van der Waals surface area (Å²) < 4.78 is 0. The molecule has 0 aliphatic carbocycles. The van der Waals surface area contributed by atoms with E-state index in [1.807, 2.05) is 23.6 Å². The molecule has 7 nitrogen and oxygen atoms in total. The minimum Gasteiger partial charge on any atom is -0.398 e. The van der Waals surface area contributed by atoms with E-state index in [0.717, 1.165) is 5.56 Å². The summed E-state index contributed by atoms with van der Waals surface area (Å²) in [6, 6.07) is 7.34. The van der Waals surface area contributed by atoms with E-state index in [-0.39, 0.29) is 11.7 Å². The lowest BCUT2D eigenvalue weighted by Crippen LogP contribution is -2.31. The molecule has 0 saturated heterocycles. The Labute approximate surface area is 107 Å². The lowest BCUT2D eigenvalue weighted by Gasteiger charge is -1.99. The monoisotopic (exact) mass is 264 g/mol. The Morgan fingerprint density at radius 2 is 2.22 bits per heavy atom. The second kappa shape index (κ2) is 5.52. The summed E-state index contributed by atoms with van der Waals surface area (Å²) in [6.07, 6.45) is 0. The fourth-order valence-corrected chi connectivity index (χ4v) is 1.93. The number of aromatic nitrogens is 3. The Morgan fingerprint density at radius 3 is 2.94 bits per heavy atom. The molecular weight excluding hydrogens is 252 g/mol. The minimum atomic E-state index is -0.287. The predicted octanol–water partition coefficient (Wildman–Crippen LogP) is 0.136. The number of hydrazine groups is 1. The van der Waals surface area contributed by atoms with E-state index in [1.165, 1.54) is 11.8 Å². The predicted molar refractivity (Wildman–Crippen MR) is 69.3 cm³/mol. The fourth-order valence-electron chi connectivity index (χ4n) is 1.32. The number of nitrogens with one attached hydrogen (secondary N) is 2. The van der Waals surface area contributed by atoms with E-state index in [4.69, 9.17) is 11.6 Å². The molecule has 0 aliphatic heterocycles. The van der Waals surface area contributed by atoms with Gasteiger partial charge < -0.3 is 5.73 Å². The molecule has 1 amide bonds. The van der Waals surface area contributed by atoms with Gasteiger partial charge in [0.2, 0.25) is 11.1 Å². The zero-order valence-corrected chi connectivity index (χ0v) is 10.2. The molecule has 0 bridgehead atoms. The number of nitrogen functional groups attached to an aromatic ring is 1. The summed E-state index contributed by atoms with van der Waals surface area (Å²) >= 11 is 1.19. The lowest BCUT2D eigenvalue weighted by molar-refractivity contribution is -0.118. The quantitative estimate of drug-likeness (QED) is 0.205. The van der Waals surface area contributed by atoms with Crippen LogP contribution in [0.2, 0.25) is 0 Å². The summed E-state index contributed by atoms with van der Waals surface area (Å²) in [6.45, 7) is 0. The first kappa shape index (κ1) is 12.4. The average Bonchev–Trinajstić information content (AvgIpc) is 2.85. The first-order valence-electron chi connectivity index (χ1n) is 5.10. The number of nitrogens with zero attached hydrogens (tertiary/aromatic N) is 2. The maximum Gasteiger partial charge on any atom is 0.244 e. The van der Waals surface area contributed by atoms with Crippen molar-refractivity contribution in [3.63, 3.8) is 0 Å². The number of hydrogen-bond acceptors (Lipinski definition) is 6. The van der Waals surface area contributed by atoms with E-state index in [9.17, 15) is 4.79 Å². The molecule has 0 unspecified atom stereocenters. The van der Waals surface area contributed by atoms with Crippen LogP contribution in [-0.4, -0.2) is 26.8 Å². The molecule has 1 aromatic heterocycles. The van der Waals surface area contributed by atoms with Crippen LogP contribution in [0.3, 0.4) is 0 Å². The molecule has 18 heavy (non-hydrogen) atoms. The molecule has 6 N–H and O–H groups in total. The fraction of sp³-hybridized carbons (Fsp3) is 0.100. The Morgan fingerprint density at radius 1 is 1.44 bits per heavy atom. The first-order valence-corrected chi connectivity index (χ1v) is 6.09. The third-order valence-electron chi connectivity index (χ3n) is 2.17. The van der Waals surface area contributed by atoms with Gasteiger partial charge in [-0.1, -0.05) is 23.9 Å². The van der Waals surface area contributed by atoms with Crippen molar-refractivity contribution in [3.8, 4) is 11.4 Å². The summed E-state index contributed by atoms with van der Waals surface area (Å²) in [4.78, 5) is 15.2. The highest BCUT2D eigenvalue weighted by molar-refractivity contribution is 7.99. The number of carbonyl (C=O) groups excluding carboxylic acids is 1. The summed E-state index contributed by atoms with van der Waals surface area (Å²) in [5.41, 5.74) is 9.26. The van der Waals surface area contributed by atoms with Gasteiger partial charge in [0.15, 0.2) is 5.82 Å². The van der Waals surface area contributed by atoms with Crippen molar-refractivity contribution in [2.75, 3.05) is 11.5 Å². The number of anilines is 1. The van der Waals surface area contributed by atoms with Crippen LogP contribution in [-0.2, 0) is 4.79 Å². The molecule has 0 spiro atoms. The molecule has 94 valence electrons. The van der Waals surface area contributed by atoms with Gasteiger partial charge in [0.05, 0.1) is 5.75 Å².